The largest absolute Gasteiger partial charge is 0.507 e. The van der Waals surface area contributed by atoms with E-state index in [2.05, 4.69) is 4.98 Å². The number of aliphatic hydroxyl groups is 1. The van der Waals surface area contributed by atoms with Crippen molar-refractivity contribution in [3.8, 4) is 5.75 Å². The molecule has 0 aliphatic carbocycles. The monoisotopic (exact) mass is 444 g/mol. The fourth-order valence-electron chi connectivity index (χ4n) is 3.79. The summed E-state index contributed by atoms with van der Waals surface area (Å²) >= 11 is 0. The Hall–Kier alpha value is -3.97. The molecule has 33 heavy (non-hydrogen) atoms. The molecule has 2 heterocycles. The van der Waals surface area contributed by atoms with Crippen LogP contribution >= 0.6 is 0 Å². The second-order valence-electron chi connectivity index (χ2n) is 7.57. The molecule has 168 valence electrons. The number of methoxy groups -OCH3 is 1. The predicted octanol–water partition coefficient (Wildman–Crippen LogP) is 3.73. The molecule has 1 fully saturated rings. The van der Waals surface area contributed by atoms with Crippen molar-refractivity contribution >= 4 is 17.4 Å². The number of aromatic nitrogens is 1. The van der Waals surface area contributed by atoms with Crippen LogP contribution in [0, 0.1) is 0 Å². The molecule has 1 aliphatic rings. The third-order valence-electron chi connectivity index (χ3n) is 5.45. The van der Waals surface area contributed by atoms with Crippen LogP contribution in [0.2, 0.25) is 0 Å². The van der Waals surface area contributed by atoms with Gasteiger partial charge in [0, 0.05) is 31.6 Å². The van der Waals surface area contributed by atoms with Gasteiger partial charge >= 0.3 is 0 Å². The van der Waals surface area contributed by atoms with E-state index >= 15 is 0 Å². The van der Waals surface area contributed by atoms with E-state index in [0.29, 0.717) is 23.5 Å². The lowest BCUT2D eigenvalue weighted by Gasteiger charge is -2.24. The number of aliphatic hydroxyl groups excluding tert-OH is 1. The highest BCUT2D eigenvalue weighted by molar-refractivity contribution is 6.46. The van der Waals surface area contributed by atoms with Gasteiger partial charge in [-0.3, -0.25) is 14.6 Å². The van der Waals surface area contributed by atoms with Gasteiger partial charge in [-0.15, -0.1) is 0 Å². The van der Waals surface area contributed by atoms with Crippen LogP contribution in [0.15, 0.2) is 84.7 Å². The quantitative estimate of drug-likeness (QED) is 0.324. The number of nitrogens with zero attached hydrogens (tertiary/aromatic N) is 2. The minimum absolute atomic E-state index is 0.0297. The fraction of sp³-hybridized carbons (Fsp3) is 0.192. The molecule has 1 atom stereocenters. The highest BCUT2D eigenvalue weighted by Gasteiger charge is 2.45. The first kappa shape index (κ1) is 22.2. The summed E-state index contributed by atoms with van der Waals surface area (Å²) in [7, 11) is 1.52. The summed E-state index contributed by atoms with van der Waals surface area (Å²) < 4.78 is 10.9. The Labute approximate surface area is 191 Å². The third-order valence-corrected chi connectivity index (χ3v) is 5.45. The van der Waals surface area contributed by atoms with Gasteiger partial charge in [-0.1, -0.05) is 36.4 Å². The molecule has 3 aromatic rings. The van der Waals surface area contributed by atoms with E-state index in [0.717, 1.165) is 5.56 Å². The van der Waals surface area contributed by atoms with Gasteiger partial charge in [0.05, 0.1) is 18.2 Å². The molecule has 1 saturated heterocycles. The Morgan fingerprint density at radius 3 is 2.45 bits per heavy atom. The number of carbonyl (C=O) groups is 2. The lowest BCUT2D eigenvalue weighted by atomic mass is 9.96. The van der Waals surface area contributed by atoms with E-state index in [4.69, 9.17) is 9.47 Å². The zero-order chi connectivity index (χ0) is 23.2. The second-order valence-corrected chi connectivity index (χ2v) is 7.57. The van der Waals surface area contributed by atoms with E-state index in [-0.39, 0.29) is 24.5 Å². The van der Waals surface area contributed by atoms with Gasteiger partial charge in [-0.05, 0) is 41.5 Å². The molecule has 1 unspecified atom stereocenters. The van der Waals surface area contributed by atoms with Gasteiger partial charge in [-0.25, -0.2) is 0 Å². The first-order chi connectivity index (χ1) is 16.1. The first-order valence-corrected chi connectivity index (χ1v) is 10.5. The topological polar surface area (TPSA) is 89.0 Å². The maximum absolute atomic E-state index is 12.9. The summed E-state index contributed by atoms with van der Waals surface area (Å²) in [4.78, 5) is 31.2. The van der Waals surface area contributed by atoms with Gasteiger partial charge in [0.15, 0.2) is 0 Å². The van der Waals surface area contributed by atoms with Gasteiger partial charge < -0.3 is 19.5 Å². The molecular formula is C26H24N2O5. The molecule has 7 nitrogen and oxygen atoms in total. The number of benzene rings is 2. The fourth-order valence-corrected chi connectivity index (χ4v) is 3.79. The number of hydrogen-bond acceptors (Lipinski definition) is 6. The van der Waals surface area contributed by atoms with Gasteiger partial charge in [0.25, 0.3) is 11.7 Å². The molecule has 2 aromatic carbocycles. The number of Topliss-reactive ketones (excluding diaryl/α,β-unsaturated/α-hetero) is 1. The molecule has 1 aromatic heterocycles. The molecule has 1 aliphatic heterocycles. The van der Waals surface area contributed by atoms with Gasteiger partial charge in [0.1, 0.15) is 18.1 Å². The highest BCUT2D eigenvalue weighted by atomic mass is 16.5. The Balaban J connectivity index is 1.63. The standard InChI is InChI=1S/C26H24N2O5/c1-32-15-14-28-23(20-8-5-13-27-16-20)22(25(30)26(28)31)24(29)19-9-11-21(12-10-19)33-17-18-6-3-2-4-7-18/h2-13,16,23,29H,14-15,17H2,1H3. The number of hydrogen-bond donors (Lipinski definition) is 1. The van der Waals surface area contributed by atoms with Crippen molar-refractivity contribution in [2.75, 3.05) is 20.3 Å². The van der Waals surface area contributed by atoms with E-state index in [9.17, 15) is 14.7 Å². The summed E-state index contributed by atoms with van der Waals surface area (Å²) in [6.07, 6.45) is 3.20. The maximum atomic E-state index is 12.9. The van der Waals surface area contributed by atoms with Crippen LogP contribution in [0.3, 0.4) is 0 Å². The molecule has 0 spiro atoms. The second kappa shape index (κ2) is 10.1. The average molecular weight is 444 g/mol. The highest BCUT2D eigenvalue weighted by Crippen LogP contribution is 2.39. The predicted molar refractivity (Wildman–Crippen MR) is 122 cm³/mol. The Bertz CT molecular complexity index is 1140. The van der Waals surface area contributed by atoms with Crippen LogP contribution < -0.4 is 4.74 Å². The molecule has 0 saturated carbocycles. The van der Waals surface area contributed by atoms with Crippen LogP contribution in [0.1, 0.15) is 22.7 Å². The number of carbonyl (C=O) groups excluding carboxylic acids is 2. The van der Waals surface area contributed by atoms with Crippen molar-refractivity contribution in [1.82, 2.24) is 9.88 Å². The van der Waals surface area contributed by atoms with E-state index in [1.807, 2.05) is 30.3 Å². The van der Waals surface area contributed by atoms with Crippen molar-refractivity contribution in [2.45, 2.75) is 12.6 Å². The summed E-state index contributed by atoms with van der Waals surface area (Å²) in [5.74, 6) is -1.02. The van der Waals surface area contributed by atoms with E-state index in [1.54, 1.807) is 48.8 Å². The van der Waals surface area contributed by atoms with Crippen molar-refractivity contribution in [3.63, 3.8) is 0 Å². The van der Waals surface area contributed by atoms with Crippen LogP contribution in [-0.4, -0.2) is 46.9 Å². The summed E-state index contributed by atoms with van der Waals surface area (Å²) in [6.45, 7) is 0.888. The maximum Gasteiger partial charge on any atom is 0.295 e. The molecule has 1 N–H and O–H groups in total. The number of rotatable bonds is 8. The number of pyridine rings is 1. The number of ether oxygens (including phenoxy) is 2. The number of likely N-dealkylation sites (tertiary alicyclic amines) is 1. The Morgan fingerprint density at radius 2 is 1.79 bits per heavy atom. The smallest absolute Gasteiger partial charge is 0.295 e. The van der Waals surface area contributed by atoms with Crippen LogP contribution in [0.25, 0.3) is 5.76 Å². The lowest BCUT2D eigenvalue weighted by molar-refractivity contribution is -0.140. The minimum atomic E-state index is -0.747. The Morgan fingerprint density at radius 1 is 1.03 bits per heavy atom. The number of amides is 1. The first-order valence-electron chi connectivity index (χ1n) is 10.5. The zero-order valence-corrected chi connectivity index (χ0v) is 18.2. The van der Waals surface area contributed by atoms with E-state index < -0.39 is 17.7 Å². The molecule has 0 bridgehead atoms. The van der Waals surface area contributed by atoms with Crippen LogP contribution in [0.4, 0.5) is 0 Å². The summed E-state index contributed by atoms with van der Waals surface area (Å²) in [6, 6.07) is 19.3. The summed E-state index contributed by atoms with van der Waals surface area (Å²) in [5.41, 5.74) is 2.12. The van der Waals surface area contributed by atoms with Crippen molar-refractivity contribution < 1.29 is 24.2 Å². The lowest BCUT2D eigenvalue weighted by Crippen LogP contribution is -2.32. The minimum Gasteiger partial charge on any atom is -0.507 e. The van der Waals surface area contributed by atoms with Crippen molar-refractivity contribution in [2.24, 2.45) is 0 Å². The SMILES string of the molecule is COCCN1C(=O)C(=O)C(=C(O)c2ccc(OCc3ccccc3)cc2)C1c1cccnc1. The van der Waals surface area contributed by atoms with E-state index in [1.165, 1.54) is 12.0 Å². The zero-order valence-electron chi connectivity index (χ0n) is 18.2. The third kappa shape index (κ3) is 4.78. The average Bonchev–Trinajstić information content (AvgIpc) is 3.12. The van der Waals surface area contributed by atoms with Gasteiger partial charge in [-0.2, -0.15) is 0 Å². The van der Waals surface area contributed by atoms with Crippen LogP contribution in [0.5, 0.6) is 5.75 Å². The van der Waals surface area contributed by atoms with Crippen molar-refractivity contribution in [3.05, 3.63) is 101 Å². The molecule has 7 heteroatoms. The Kier molecular flexibility index (Phi) is 6.80. The molecule has 1 amide bonds. The normalized spacial score (nSPS) is 17.4. The molecule has 4 rings (SSSR count). The molecule has 0 radical (unpaired) electrons. The van der Waals surface area contributed by atoms with Crippen molar-refractivity contribution in [1.29, 1.82) is 0 Å². The molecular weight excluding hydrogens is 420 g/mol. The van der Waals surface area contributed by atoms with Crippen LogP contribution in [-0.2, 0) is 20.9 Å². The number of ketones is 1. The summed E-state index contributed by atoms with van der Waals surface area (Å²) in [5, 5.41) is 11.1. The van der Waals surface area contributed by atoms with Gasteiger partial charge in [0.2, 0.25) is 0 Å².